The fourth-order valence-corrected chi connectivity index (χ4v) is 3.88. The number of hydrogen-bond donors (Lipinski definition) is 1. The molecule has 0 radical (unpaired) electrons. The smallest absolute Gasteiger partial charge is 0.222 e. The second-order valence-corrected chi connectivity index (χ2v) is 7.05. The van der Waals surface area contributed by atoms with Crippen molar-refractivity contribution in [2.24, 2.45) is 23.5 Å². The lowest BCUT2D eigenvalue weighted by Crippen LogP contribution is -2.33. The van der Waals surface area contributed by atoms with E-state index < -0.39 is 0 Å². The number of primary amides is 1. The fourth-order valence-electron chi connectivity index (χ4n) is 3.88. The molecule has 3 rings (SSSR count). The van der Waals surface area contributed by atoms with Gasteiger partial charge in [0.15, 0.2) is 0 Å². The number of likely N-dealkylation sites (tertiary alicyclic amines) is 1. The standard InChI is InChI=1S/C19H26N2O3/c20-19(23)17-12-21(18(22)10-14-6-4-5-7-14)11-15(17)13-24-16-8-2-1-3-9-16/h1-3,8-9,14-15,17H,4-7,10-13H2,(H2,20,23)/t15-,17+/m0/s1. The second kappa shape index (κ2) is 7.69. The number of amides is 2. The summed E-state index contributed by atoms with van der Waals surface area (Å²) < 4.78 is 5.79. The van der Waals surface area contributed by atoms with Crippen LogP contribution in [0.25, 0.3) is 0 Å². The number of nitrogens with two attached hydrogens (primary N) is 1. The zero-order chi connectivity index (χ0) is 16.9. The third-order valence-electron chi connectivity index (χ3n) is 5.30. The predicted molar refractivity (Wildman–Crippen MR) is 91.3 cm³/mol. The van der Waals surface area contributed by atoms with Gasteiger partial charge in [0.25, 0.3) is 0 Å². The van der Waals surface area contributed by atoms with Crippen LogP contribution in [0.15, 0.2) is 30.3 Å². The number of nitrogens with zero attached hydrogens (tertiary/aromatic N) is 1. The maximum atomic E-state index is 12.5. The minimum absolute atomic E-state index is 0.0322. The molecule has 5 nitrogen and oxygen atoms in total. The fraction of sp³-hybridized carbons (Fsp3) is 0.579. The zero-order valence-electron chi connectivity index (χ0n) is 14.0. The number of para-hydroxylation sites is 1. The maximum absolute atomic E-state index is 12.5. The molecule has 2 amide bonds. The van der Waals surface area contributed by atoms with Crippen LogP contribution in [0.4, 0.5) is 0 Å². The molecule has 1 saturated heterocycles. The molecule has 2 aliphatic rings. The van der Waals surface area contributed by atoms with Gasteiger partial charge in [-0.3, -0.25) is 9.59 Å². The monoisotopic (exact) mass is 330 g/mol. The minimum Gasteiger partial charge on any atom is -0.493 e. The molecule has 1 aromatic rings. The molecule has 0 spiro atoms. The van der Waals surface area contributed by atoms with Gasteiger partial charge in [-0.1, -0.05) is 31.0 Å². The molecular formula is C19H26N2O3. The first-order chi connectivity index (χ1) is 11.6. The molecule has 1 aromatic carbocycles. The molecule has 1 aliphatic carbocycles. The number of carbonyl (C=O) groups is 2. The van der Waals surface area contributed by atoms with E-state index in [9.17, 15) is 9.59 Å². The molecule has 0 unspecified atom stereocenters. The highest BCUT2D eigenvalue weighted by atomic mass is 16.5. The van der Waals surface area contributed by atoms with Crippen LogP contribution in [0.1, 0.15) is 32.1 Å². The molecule has 1 aliphatic heterocycles. The van der Waals surface area contributed by atoms with Crippen molar-refractivity contribution in [3.05, 3.63) is 30.3 Å². The summed E-state index contributed by atoms with van der Waals surface area (Å²) in [5.74, 6) is 0.764. The molecule has 24 heavy (non-hydrogen) atoms. The van der Waals surface area contributed by atoms with Gasteiger partial charge in [-0.15, -0.1) is 0 Å². The second-order valence-electron chi connectivity index (χ2n) is 7.05. The minimum atomic E-state index is -0.340. The molecule has 130 valence electrons. The van der Waals surface area contributed by atoms with E-state index in [1.165, 1.54) is 12.8 Å². The first kappa shape index (κ1) is 16.8. The quantitative estimate of drug-likeness (QED) is 0.869. The van der Waals surface area contributed by atoms with E-state index in [-0.39, 0.29) is 23.7 Å². The average Bonchev–Trinajstić information content (AvgIpc) is 3.23. The van der Waals surface area contributed by atoms with Crippen molar-refractivity contribution in [2.45, 2.75) is 32.1 Å². The summed E-state index contributed by atoms with van der Waals surface area (Å²) >= 11 is 0. The molecule has 1 saturated carbocycles. The molecule has 2 N–H and O–H groups in total. The van der Waals surface area contributed by atoms with Crippen LogP contribution in [-0.4, -0.2) is 36.4 Å². The molecular weight excluding hydrogens is 304 g/mol. The molecule has 2 fully saturated rings. The molecule has 2 atom stereocenters. The summed E-state index contributed by atoms with van der Waals surface area (Å²) in [5, 5.41) is 0. The number of hydrogen-bond acceptors (Lipinski definition) is 3. The lowest BCUT2D eigenvalue weighted by Gasteiger charge is -2.18. The number of rotatable bonds is 6. The lowest BCUT2D eigenvalue weighted by molar-refractivity contribution is -0.131. The summed E-state index contributed by atoms with van der Waals surface area (Å²) in [4.78, 5) is 26.1. The Labute approximate surface area is 143 Å². The Bertz CT molecular complexity index is 569. The SMILES string of the molecule is NC(=O)[C@@H]1CN(C(=O)CC2CCCC2)C[C@H]1COc1ccccc1. The van der Waals surface area contributed by atoms with E-state index in [1.807, 2.05) is 35.2 Å². The van der Waals surface area contributed by atoms with Crippen LogP contribution in [0.3, 0.4) is 0 Å². The van der Waals surface area contributed by atoms with Gasteiger partial charge in [-0.2, -0.15) is 0 Å². The van der Waals surface area contributed by atoms with Crippen LogP contribution < -0.4 is 10.5 Å². The van der Waals surface area contributed by atoms with E-state index in [2.05, 4.69) is 0 Å². The first-order valence-corrected chi connectivity index (χ1v) is 8.88. The van der Waals surface area contributed by atoms with Crippen LogP contribution in [0.2, 0.25) is 0 Å². The Morgan fingerprint density at radius 1 is 1.12 bits per heavy atom. The Balaban J connectivity index is 1.56. The van der Waals surface area contributed by atoms with Gasteiger partial charge in [0, 0.05) is 25.4 Å². The topological polar surface area (TPSA) is 72.6 Å². The Kier molecular flexibility index (Phi) is 5.38. The van der Waals surface area contributed by atoms with Crippen LogP contribution in [-0.2, 0) is 9.59 Å². The number of benzene rings is 1. The zero-order valence-corrected chi connectivity index (χ0v) is 14.0. The highest BCUT2D eigenvalue weighted by Crippen LogP contribution is 2.30. The van der Waals surface area contributed by atoms with Crippen molar-refractivity contribution in [1.82, 2.24) is 4.90 Å². The van der Waals surface area contributed by atoms with Gasteiger partial charge >= 0.3 is 0 Å². The van der Waals surface area contributed by atoms with E-state index >= 15 is 0 Å². The summed E-state index contributed by atoms with van der Waals surface area (Å²) in [6.45, 7) is 1.40. The van der Waals surface area contributed by atoms with E-state index in [0.29, 0.717) is 32.0 Å². The largest absolute Gasteiger partial charge is 0.493 e. The van der Waals surface area contributed by atoms with E-state index in [1.54, 1.807) is 0 Å². The van der Waals surface area contributed by atoms with Gasteiger partial charge in [-0.05, 0) is 30.9 Å². The third kappa shape index (κ3) is 4.08. The average molecular weight is 330 g/mol. The number of ether oxygens (including phenoxy) is 1. The highest BCUT2D eigenvalue weighted by molar-refractivity contribution is 5.81. The Hall–Kier alpha value is -2.04. The lowest BCUT2D eigenvalue weighted by atomic mass is 9.96. The van der Waals surface area contributed by atoms with Gasteiger partial charge in [0.05, 0.1) is 12.5 Å². The summed E-state index contributed by atoms with van der Waals surface area (Å²) in [7, 11) is 0. The molecule has 0 aromatic heterocycles. The van der Waals surface area contributed by atoms with Crippen molar-refractivity contribution in [3.8, 4) is 5.75 Å². The summed E-state index contributed by atoms with van der Waals surface area (Å²) in [6, 6.07) is 9.52. The summed E-state index contributed by atoms with van der Waals surface area (Å²) in [6.07, 6.45) is 5.38. The van der Waals surface area contributed by atoms with Gasteiger partial charge < -0.3 is 15.4 Å². The van der Waals surface area contributed by atoms with Crippen molar-refractivity contribution >= 4 is 11.8 Å². The van der Waals surface area contributed by atoms with Crippen molar-refractivity contribution in [2.75, 3.05) is 19.7 Å². The van der Waals surface area contributed by atoms with E-state index in [4.69, 9.17) is 10.5 Å². The predicted octanol–water partition coefficient (Wildman–Crippen LogP) is 2.21. The maximum Gasteiger partial charge on any atom is 0.222 e. The van der Waals surface area contributed by atoms with Crippen molar-refractivity contribution in [3.63, 3.8) is 0 Å². The van der Waals surface area contributed by atoms with Crippen molar-refractivity contribution < 1.29 is 14.3 Å². The number of carbonyl (C=O) groups excluding carboxylic acids is 2. The molecule has 0 bridgehead atoms. The summed E-state index contributed by atoms with van der Waals surface area (Å²) in [5.41, 5.74) is 5.55. The normalized spacial score (nSPS) is 24.2. The highest BCUT2D eigenvalue weighted by Gasteiger charge is 2.39. The molecule has 5 heteroatoms. The van der Waals surface area contributed by atoms with Gasteiger partial charge in [-0.25, -0.2) is 0 Å². The van der Waals surface area contributed by atoms with Gasteiger partial charge in [0.2, 0.25) is 11.8 Å². The Morgan fingerprint density at radius 3 is 2.50 bits per heavy atom. The Morgan fingerprint density at radius 2 is 1.83 bits per heavy atom. The van der Waals surface area contributed by atoms with Gasteiger partial charge in [0.1, 0.15) is 5.75 Å². The third-order valence-corrected chi connectivity index (χ3v) is 5.30. The van der Waals surface area contributed by atoms with Crippen molar-refractivity contribution in [1.29, 1.82) is 0 Å². The van der Waals surface area contributed by atoms with Crippen LogP contribution >= 0.6 is 0 Å². The first-order valence-electron chi connectivity index (χ1n) is 8.88. The van der Waals surface area contributed by atoms with Crippen LogP contribution in [0.5, 0.6) is 5.75 Å². The van der Waals surface area contributed by atoms with Crippen LogP contribution in [0, 0.1) is 17.8 Å². The van der Waals surface area contributed by atoms with E-state index in [0.717, 1.165) is 18.6 Å². The molecule has 1 heterocycles.